The number of rotatable bonds is 8. The maximum Gasteiger partial charge on any atom is 0.257 e. The summed E-state index contributed by atoms with van der Waals surface area (Å²) < 4.78 is 5.64. The first-order valence-corrected chi connectivity index (χ1v) is 8.00. The van der Waals surface area contributed by atoms with Crippen LogP contribution in [0.1, 0.15) is 31.2 Å². The van der Waals surface area contributed by atoms with Crippen molar-refractivity contribution in [2.45, 2.75) is 38.3 Å². The number of amides is 1. The van der Waals surface area contributed by atoms with Gasteiger partial charge in [-0.25, -0.2) is 0 Å². The van der Waals surface area contributed by atoms with E-state index in [1.165, 1.54) is 12.8 Å². The van der Waals surface area contributed by atoms with Crippen LogP contribution in [0.2, 0.25) is 0 Å². The Bertz CT molecular complexity index is 479. The third-order valence-corrected chi connectivity index (χ3v) is 4.18. The van der Waals surface area contributed by atoms with Gasteiger partial charge in [0.15, 0.2) is 6.61 Å². The van der Waals surface area contributed by atoms with E-state index < -0.39 is 0 Å². The van der Waals surface area contributed by atoms with Crippen LogP contribution in [0.15, 0.2) is 24.3 Å². The van der Waals surface area contributed by atoms with Crippen LogP contribution in [-0.2, 0) is 11.3 Å². The Morgan fingerprint density at radius 3 is 3.05 bits per heavy atom. The normalized spacial score (nSPS) is 18.4. The molecule has 1 aromatic rings. The average Bonchev–Trinajstić information content (AvgIpc) is 2.98. The van der Waals surface area contributed by atoms with Crippen molar-refractivity contribution < 1.29 is 14.6 Å². The molecule has 1 aliphatic heterocycles. The molecular weight excluding hydrogens is 280 g/mol. The standard InChI is InChI=1S/C17H26N2O3/c1-18-17(21)13-22-16-9-3-2-6-14(16)12-19-10-4-7-15(19)8-5-11-20/h2-3,6,9,15,20H,4-5,7-8,10-13H2,1H3,(H,18,21). The second kappa shape index (κ2) is 8.76. The molecular formula is C17H26N2O3. The smallest absolute Gasteiger partial charge is 0.257 e. The molecule has 5 nitrogen and oxygen atoms in total. The summed E-state index contributed by atoms with van der Waals surface area (Å²) in [5, 5.41) is 11.6. The Morgan fingerprint density at radius 1 is 1.45 bits per heavy atom. The minimum atomic E-state index is -0.128. The zero-order valence-corrected chi connectivity index (χ0v) is 13.3. The summed E-state index contributed by atoms with van der Waals surface area (Å²) in [5.41, 5.74) is 1.11. The Kier molecular flexibility index (Phi) is 6.68. The highest BCUT2D eigenvalue weighted by Crippen LogP contribution is 2.27. The second-order valence-corrected chi connectivity index (χ2v) is 5.70. The Hall–Kier alpha value is -1.59. The van der Waals surface area contributed by atoms with E-state index in [0.29, 0.717) is 6.04 Å². The lowest BCUT2D eigenvalue weighted by Crippen LogP contribution is -2.29. The van der Waals surface area contributed by atoms with Gasteiger partial charge in [-0.3, -0.25) is 9.69 Å². The second-order valence-electron chi connectivity index (χ2n) is 5.70. The van der Waals surface area contributed by atoms with Crippen molar-refractivity contribution in [3.8, 4) is 5.75 Å². The number of aliphatic hydroxyl groups is 1. The van der Waals surface area contributed by atoms with Crippen molar-refractivity contribution in [2.75, 3.05) is 26.8 Å². The third kappa shape index (κ3) is 4.71. The first-order chi connectivity index (χ1) is 10.7. The van der Waals surface area contributed by atoms with Crippen molar-refractivity contribution in [1.29, 1.82) is 0 Å². The van der Waals surface area contributed by atoms with E-state index >= 15 is 0 Å². The van der Waals surface area contributed by atoms with E-state index in [2.05, 4.69) is 16.3 Å². The number of likely N-dealkylation sites (tertiary alicyclic amines) is 1. The lowest BCUT2D eigenvalue weighted by atomic mass is 10.1. The summed E-state index contributed by atoms with van der Waals surface area (Å²) >= 11 is 0. The summed E-state index contributed by atoms with van der Waals surface area (Å²) in [6, 6.07) is 8.44. The van der Waals surface area contributed by atoms with Crippen LogP contribution in [-0.4, -0.2) is 48.8 Å². The number of hydrogen-bond donors (Lipinski definition) is 2. The molecule has 1 saturated heterocycles. The minimum Gasteiger partial charge on any atom is -0.483 e. The number of carbonyl (C=O) groups excluding carboxylic acids is 1. The Morgan fingerprint density at radius 2 is 2.27 bits per heavy atom. The van der Waals surface area contributed by atoms with Gasteiger partial charge in [-0.1, -0.05) is 18.2 Å². The van der Waals surface area contributed by atoms with Gasteiger partial charge in [-0.2, -0.15) is 0 Å². The molecule has 1 fully saturated rings. The highest BCUT2D eigenvalue weighted by molar-refractivity contribution is 5.77. The number of likely N-dealkylation sites (N-methyl/N-ethyl adjacent to an activating group) is 1. The zero-order valence-electron chi connectivity index (χ0n) is 13.3. The van der Waals surface area contributed by atoms with Gasteiger partial charge in [-0.15, -0.1) is 0 Å². The molecule has 0 saturated carbocycles. The fraction of sp³-hybridized carbons (Fsp3) is 0.588. The average molecular weight is 306 g/mol. The zero-order chi connectivity index (χ0) is 15.8. The number of carbonyl (C=O) groups is 1. The van der Waals surface area contributed by atoms with Crippen molar-refractivity contribution >= 4 is 5.91 Å². The molecule has 2 rings (SSSR count). The van der Waals surface area contributed by atoms with Crippen molar-refractivity contribution in [1.82, 2.24) is 10.2 Å². The summed E-state index contributed by atoms with van der Waals surface area (Å²) in [6.07, 6.45) is 4.30. The van der Waals surface area contributed by atoms with Crippen LogP contribution in [0.25, 0.3) is 0 Å². The maximum absolute atomic E-state index is 11.3. The molecule has 1 heterocycles. The molecule has 1 aromatic carbocycles. The number of para-hydroxylation sites is 1. The quantitative estimate of drug-likeness (QED) is 0.765. The van der Waals surface area contributed by atoms with Crippen LogP contribution in [0, 0.1) is 0 Å². The molecule has 1 atom stereocenters. The molecule has 122 valence electrons. The van der Waals surface area contributed by atoms with Crippen LogP contribution in [0.4, 0.5) is 0 Å². The summed E-state index contributed by atoms with van der Waals surface area (Å²) in [7, 11) is 1.60. The topological polar surface area (TPSA) is 61.8 Å². The number of nitrogens with zero attached hydrogens (tertiary/aromatic N) is 1. The maximum atomic E-state index is 11.3. The van der Waals surface area contributed by atoms with Gasteiger partial charge in [0.05, 0.1) is 0 Å². The fourth-order valence-corrected chi connectivity index (χ4v) is 2.97. The van der Waals surface area contributed by atoms with E-state index in [4.69, 9.17) is 9.84 Å². The number of benzene rings is 1. The van der Waals surface area contributed by atoms with Crippen molar-refractivity contribution in [2.24, 2.45) is 0 Å². The van der Waals surface area contributed by atoms with Gasteiger partial charge in [-0.05, 0) is 38.3 Å². The van der Waals surface area contributed by atoms with E-state index in [9.17, 15) is 4.79 Å². The largest absolute Gasteiger partial charge is 0.483 e. The molecule has 22 heavy (non-hydrogen) atoms. The van der Waals surface area contributed by atoms with Gasteiger partial charge in [0.25, 0.3) is 5.91 Å². The van der Waals surface area contributed by atoms with Crippen LogP contribution in [0.5, 0.6) is 5.75 Å². The molecule has 0 aliphatic carbocycles. The molecule has 0 radical (unpaired) electrons. The molecule has 1 unspecified atom stereocenters. The Balaban J connectivity index is 1.98. The van der Waals surface area contributed by atoms with Crippen LogP contribution >= 0.6 is 0 Å². The van der Waals surface area contributed by atoms with Gasteiger partial charge in [0.1, 0.15) is 5.75 Å². The van der Waals surface area contributed by atoms with Crippen molar-refractivity contribution in [3.05, 3.63) is 29.8 Å². The van der Waals surface area contributed by atoms with E-state index in [1.807, 2.05) is 18.2 Å². The Labute approximate surface area is 132 Å². The number of hydrogen-bond acceptors (Lipinski definition) is 4. The monoisotopic (exact) mass is 306 g/mol. The molecule has 0 bridgehead atoms. The SMILES string of the molecule is CNC(=O)COc1ccccc1CN1CCCC1CCCO. The summed E-state index contributed by atoms with van der Waals surface area (Å²) in [6.45, 7) is 2.22. The van der Waals surface area contributed by atoms with Gasteiger partial charge >= 0.3 is 0 Å². The molecule has 5 heteroatoms. The molecule has 0 spiro atoms. The predicted octanol–water partition coefficient (Wildman–Crippen LogP) is 1.55. The van der Waals surface area contributed by atoms with Gasteiger partial charge in [0, 0.05) is 31.8 Å². The highest BCUT2D eigenvalue weighted by atomic mass is 16.5. The highest BCUT2D eigenvalue weighted by Gasteiger charge is 2.24. The summed E-state index contributed by atoms with van der Waals surface area (Å²) in [4.78, 5) is 13.8. The lowest BCUT2D eigenvalue weighted by Gasteiger charge is -2.25. The summed E-state index contributed by atoms with van der Waals surface area (Å²) in [5.74, 6) is 0.649. The number of aliphatic hydroxyl groups excluding tert-OH is 1. The van der Waals surface area contributed by atoms with Crippen LogP contribution < -0.4 is 10.1 Å². The van der Waals surface area contributed by atoms with E-state index in [0.717, 1.165) is 37.2 Å². The molecule has 0 aromatic heterocycles. The first-order valence-electron chi connectivity index (χ1n) is 8.00. The number of nitrogens with one attached hydrogen (secondary N) is 1. The fourth-order valence-electron chi connectivity index (χ4n) is 2.97. The van der Waals surface area contributed by atoms with Crippen LogP contribution in [0.3, 0.4) is 0 Å². The lowest BCUT2D eigenvalue weighted by molar-refractivity contribution is -0.122. The van der Waals surface area contributed by atoms with E-state index in [1.54, 1.807) is 7.05 Å². The molecule has 1 aliphatic rings. The molecule has 1 amide bonds. The predicted molar refractivity (Wildman–Crippen MR) is 85.8 cm³/mol. The van der Waals surface area contributed by atoms with Crippen molar-refractivity contribution in [3.63, 3.8) is 0 Å². The number of ether oxygens (including phenoxy) is 1. The van der Waals surface area contributed by atoms with Gasteiger partial charge in [0.2, 0.25) is 0 Å². The molecule has 2 N–H and O–H groups in total. The first kappa shape index (κ1) is 16.8. The minimum absolute atomic E-state index is 0.0431. The van der Waals surface area contributed by atoms with Gasteiger partial charge < -0.3 is 15.2 Å². The third-order valence-electron chi connectivity index (χ3n) is 4.18. The van der Waals surface area contributed by atoms with E-state index in [-0.39, 0.29) is 19.1 Å².